The van der Waals surface area contributed by atoms with E-state index in [0.29, 0.717) is 11.9 Å². The molecule has 0 saturated heterocycles. The first-order chi connectivity index (χ1) is 7.66. The van der Waals surface area contributed by atoms with E-state index in [1.54, 1.807) is 6.07 Å². The van der Waals surface area contributed by atoms with Gasteiger partial charge in [0.15, 0.2) is 0 Å². The summed E-state index contributed by atoms with van der Waals surface area (Å²) >= 11 is 3.35. The van der Waals surface area contributed by atoms with Crippen LogP contribution in [-0.2, 0) is 0 Å². The molecule has 0 aliphatic heterocycles. The standard InChI is InChI=1S/C11H17BrN4/c1-16(8-5-3-2-4-6-8)11-14-9(12)7-10(13)15-11/h7-8H,2-6H2,1H3,(H2,13,14,15). The van der Waals surface area contributed by atoms with E-state index in [-0.39, 0.29) is 0 Å². The SMILES string of the molecule is CN(c1nc(N)cc(Br)n1)C1CCCCC1. The largest absolute Gasteiger partial charge is 0.383 e. The van der Waals surface area contributed by atoms with Crippen LogP contribution in [0.1, 0.15) is 32.1 Å². The van der Waals surface area contributed by atoms with Crippen molar-refractivity contribution in [1.82, 2.24) is 9.97 Å². The highest BCUT2D eigenvalue weighted by Gasteiger charge is 2.20. The second kappa shape index (κ2) is 4.99. The van der Waals surface area contributed by atoms with E-state index >= 15 is 0 Å². The number of hydrogen-bond donors (Lipinski definition) is 1. The number of halogens is 1. The average molecular weight is 285 g/mol. The van der Waals surface area contributed by atoms with Gasteiger partial charge in [-0.25, -0.2) is 4.98 Å². The number of nitrogen functional groups attached to an aromatic ring is 1. The van der Waals surface area contributed by atoms with Crippen LogP contribution in [0.15, 0.2) is 10.7 Å². The lowest BCUT2D eigenvalue weighted by molar-refractivity contribution is 0.424. The third-order valence-corrected chi connectivity index (χ3v) is 3.55. The lowest BCUT2D eigenvalue weighted by Crippen LogP contribution is -2.34. The first kappa shape index (κ1) is 11.6. The molecule has 1 heterocycles. The van der Waals surface area contributed by atoms with Gasteiger partial charge in [-0.15, -0.1) is 0 Å². The molecule has 88 valence electrons. The second-order valence-electron chi connectivity index (χ2n) is 4.32. The third-order valence-electron chi connectivity index (χ3n) is 3.14. The fraction of sp³-hybridized carbons (Fsp3) is 0.636. The molecule has 1 saturated carbocycles. The Labute approximate surface area is 104 Å². The molecule has 16 heavy (non-hydrogen) atoms. The topological polar surface area (TPSA) is 55.0 Å². The second-order valence-corrected chi connectivity index (χ2v) is 5.13. The molecule has 1 aromatic rings. The summed E-state index contributed by atoms with van der Waals surface area (Å²) in [6.07, 6.45) is 6.42. The van der Waals surface area contributed by atoms with Gasteiger partial charge in [0.1, 0.15) is 10.4 Å². The summed E-state index contributed by atoms with van der Waals surface area (Å²) in [7, 11) is 2.05. The molecule has 1 fully saturated rings. The molecule has 0 unspecified atom stereocenters. The van der Waals surface area contributed by atoms with Gasteiger partial charge in [-0.1, -0.05) is 19.3 Å². The van der Waals surface area contributed by atoms with Crippen LogP contribution in [0.4, 0.5) is 11.8 Å². The van der Waals surface area contributed by atoms with Gasteiger partial charge in [-0.05, 0) is 28.8 Å². The summed E-state index contributed by atoms with van der Waals surface area (Å²) in [5.74, 6) is 1.23. The Morgan fingerprint density at radius 3 is 2.62 bits per heavy atom. The van der Waals surface area contributed by atoms with Crippen LogP contribution in [0.25, 0.3) is 0 Å². The van der Waals surface area contributed by atoms with Crippen molar-refractivity contribution in [3.05, 3.63) is 10.7 Å². The predicted octanol–water partition coefficient (Wildman–Crippen LogP) is 2.59. The van der Waals surface area contributed by atoms with Crippen LogP contribution in [0.5, 0.6) is 0 Å². The zero-order valence-corrected chi connectivity index (χ0v) is 11.1. The molecule has 4 nitrogen and oxygen atoms in total. The summed E-state index contributed by atoms with van der Waals surface area (Å²) in [6.45, 7) is 0. The van der Waals surface area contributed by atoms with Crippen molar-refractivity contribution >= 4 is 27.7 Å². The minimum absolute atomic E-state index is 0.513. The molecule has 2 rings (SSSR count). The van der Waals surface area contributed by atoms with Gasteiger partial charge in [0.05, 0.1) is 0 Å². The minimum atomic E-state index is 0.513. The molecule has 0 radical (unpaired) electrons. The van der Waals surface area contributed by atoms with Crippen molar-refractivity contribution in [2.45, 2.75) is 38.1 Å². The first-order valence-electron chi connectivity index (χ1n) is 5.69. The number of rotatable bonds is 2. The van der Waals surface area contributed by atoms with Gasteiger partial charge in [-0.3, -0.25) is 0 Å². The van der Waals surface area contributed by atoms with E-state index in [9.17, 15) is 0 Å². The van der Waals surface area contributed by atoms with Crippen LogP contribution in [0.2, 0.25) is 0 Å². The van der Waals surface area contributed by atoms with E-state index < -0.39 is 0 Å². The Bertz CT molecular complexity index is 343. The maximum atomic E-state index is 5.72. The van der Waals surface area contributed by atoms with E-state index in [2.05, 4.69) is 37.8 Å². The van der Waals surface area contributed by atoms with Crippen LogP contribution in [0, 0.1) is 0 Å². The Hall–Kier alpha value is -0.840. The third kappa shape index (κ3) is 2.64. The molecule has 0 atom stereocenters. The highest BCUT2D eigenvalue weighted by Crippen LogP contribution is 2.25. The zero-order valence-electron chi connectivity index (χ0n) is 9.49. The molecule has 1 aliphatic carbocycles. The van der Waals surface area contributed by atoms with Crippen LogP contribution >= 0.6 is 15.9 Å². The molecule has 0 bridgehead atoms. The van der Waals surface area contributed by atoms with Crippen molar-refractivity contribution < 1.29 is 0 Å². The maximum Gasteiger partial charge on any atom is 0.228 e. The van der Waals surface area contributed by atoms with Gasteiger partial charge in [-0.2, -0.15) is 4.98 Å². The van der Waals surface area contributed by atoms with Crippen molar-refractivity contribution in [1.29, 1.82) is 0 Å². The molecule has 5 heteroatoms. The van der Waals surface area contributed by atoms with Crippen LogP contribution in [-0.4, -0.2) is 23.1 Å². The van der Waals surface area contributed by atoms with Crippen molar-refractivity contribution in [2.24, 2.45) is 0 Å². The average Bonchev–Trinajstić information content (AvgIpc) is 2.28. The molecular formula is C11H17BrN4. The highest BCUT2D eigenvalue weighted by molar-refractivity contribution is 9.10. The molecule has 1 aliphatic rings. The fourth-order valence-electron chi connectivity index (χ4n) is 2.21. The highest BCUT2D eigenvalue weighted by atomic mass is 79.9. The Balaban J connectivity index is 2.15. The van der Waals surface area contributed by atoms with Crippen LogP contribution < -0.4 is 10.6 Å². The van der Waals surface area contributed by atoms with Crippen LogP contribution in [0.3, 0.4) is 0 Å². The lowest BCUT2D eigenvalue weighted by Gasteiger charge is -2.31. The van der Waals surface area contributed by atoms with Gasteiger partial charge in [0.25, 0.3) is 0 Å². The summed E-state index contributed by atoms with van der Waals surface area (Å²) < 4.78 is 0.748. The summed E-state index contributed by atoms with van der Waals surface area (Å²) in [5.41, 5.74) is 5.72. The number of nitrogens with zero attached hydrogens (tertiary/aromatic N) is 3. The van der Waals surface area contributed by atoms with E-state index in [0.717, 1.165) is 10.6 Å². The number of nitrogens with two attached hydrogens (primary N) is 1. The van der Waals surface area contributed by atoms with Crippen molar-refractivity contribution in [2.75, 3.05) is 17.7 Å². The van der Waals surface area contributed by atoms with Crippen molar-refractivity contribution in [3.8, 4) is 0 Å². The molecule has 1 aromatic heterocycles. The minimum Gasteiger partial charge on any atom is -0.383 e. The van der Waals surface area contributed by atoms with E-state index in [4.69, 9.17) is 5.73 Å². The normalized spacial score (nSPS) is 17.4. The lowest BCUT2D eigenvalue weighted by atomic mass is 9.95. The van der Waals surface area contributed by atoms with E-state index in [1.165, 1.54) is 32.1 Å². The Morgan fingerprint density at radius 2 is 2.00 bits per heavy atom. The number of aromatic nitrogens is 2. The smallest absolute Gasteiger partial charge is 0.228 e. The zero-order chi connectivity index (χ0) is 11.5. The Kier molecular flexibility index (Phi) is 3.63. The predicted molar refractivity (Wildman–Crippen MR) is 69.4 cm³/mol. The fourth-order valence-corrected chi connectivity index (χ4v) is 2.61. The molecule has 0 spiro atoms. The van der Waals surface area contributed by atoms with Gasteiger partial charge in [0.2, 0.25) is 5.95 Å². The quantitative estimate of drug-likeness (QED) is 0.849. The van der Waals surface area contributed by atoms with Gasteiger partial charge in [0, 0.05) is 19.2 Å². The molecule has 0 amide bonds. The molecule has 0 aromatic carbocycles. The van der Waals surface area contributed by atoms with E-state index in [1.807, 2.05) is 0 Å². The molecular weight excluding hydrogens is 268 g/mol. The molecule has 2 N–H and O–H groups in total. The number of hydrogen-bond acceptors (Lipinski definition) is 4. The summed E-state index contributed by atoms with van der Waals surface area (Å²) in [6, 6.07) is 2.28. The summed E-state index contributed by atoms with van der Waals surface area (Å²) in [5, 5.41) is 0. The monoisotopic (exact) mass is 284 g/mol. The van der Waals surface area contributed by atoms with Crippen molar-refractivity contribution in [3.63, 3.8) is 0 Å². The summed E-state index contributed by atoms with van der Waals surface area (Å²) in [4.78, 5) is 10.8. The Morgan fingerprint density at radius 1 is 1.31 bits per heavy atom. The first-order valence-corrected chi connectivity index (χ1v) is 6.49. The number of anilines is 2. The van der Waals surface area contributed by atoms with Gasteiger partial charge >= 0.3 is 0 Å². The van der Waals surface area contributed by atoms with Gasteiger partial charge < -0.3 is 10.6 Å². The maximum absolute atomic E-state index is 5.72.